The maximum absolute atomic E-state index is 11.9. The summed E-state index contributed by atoms with van der Waals surface area (Å²) >= 11 is 3.36. The van der Waals surface area contributed by atoms with Crippen molar-refractivity contribution in [3.63, 3.8) is 0 Å². The molecule has 0 aliphatic carbocycles. The number of halogens is 1. The molecular formula is C13H19BrN2O4S. The van der Waals surface area contributed by atoms with Crippen molar-refractivity contribution >= 4 is 37.5 Å². The number of methoxy groups -OCH3 is 1. The lowest BCUT2D eigenvalue weighted by Crippen LogP contribution is -2.41. The molecule has 6 nitrogen and oxygen atoms in total. The number of hydrogen-bond donors (Lipinski definition) is 1. The average Bonchev–Trinajstić information content (AvgIpc) is 2.38. The summed E-state index contributed by atoms with van der Waals surface area (Å²) in [7, 11) is -2.02. The highest BCUT2D eigenvalue weighted by atomic mass is 79.9. The van der Waals surface area contributed by atoms with Gasteiger partial charge in [0.25, 0.3) is 0 Å². The van der Waals surface area contributed by atoms with Gasteiger partial charge in [-0.3, -0.25) is 9.10 Å². The van der Waals surface area contributed by atoms with Crippen LogP contribution in [0.25, 0.3) is 0 Å². The van der Waals surface area contributed by atoms with E-state index in [-0.39, 0.29) is 12.5 Å². The Kier molecular flexibility index (Phi) is 6.63. The van der Waals surface area contributed by atoms with Gasteiger partial charge in [0, 0.05) is 18.1 Å². The molecule has 0 radical (unpaired) electrons. The molecule has 1 rings (SSSR count). The Morgan fingerprint density at radius 2 is 2.10 bits per heavy atom. The molecule has 0 bridgehead atoms. The second-order valence-corrected chi connectivity index (χ2v) is 7.31. The smallest absolute Gasteiger partial charge is 0.240 e. The summed E-state index contributed by atoms with van der Waals surface area (Å²) in [6.45, 7) is 2.31. The van der Waals surface area contributed by atoms with E-state index in [1.165, 1.54) is 7.11 Å². The lowest BCUT2D eigenvalue weighted by molar-refractivity contribution is -0.119. The molecule has 1 N–H and O–H groups in total. The predicted octanol–water partition coefficient (Wildman–Crippen LogP) is 1.29. The normalized spacial score (nSPS) is 11.2. The number of amides is 1. The maximum atomic E-state index is 11.9. The molecule has 0 heterocycles. The molecule has 8 heteroatoms. The van der Waals surface area contributed by atoms with Crippen LogP contribution in [0.1, 0.15) is 5.56 Å². The first-order chi connectivity index (χ1) is 9.75. The van der Waals surface area contributed by atoms with E-state index < -0.39 is 10.0 Å². The summed E-state index contributed by atoms with van der Waals surface area (Å²) in [5.74, 6) is -0.377. The largest absolute Gasteiger partial charge is 0.383 e. The lowest BCUT2D eigenvalue weighted by Gasteiger charge is -2.22. The van der Waals surface area contributed by atoms with Gasteiger partial charge in [0.05, 0.1) is 18.6 Å². The predicted molar refractivity (Wildman–Crippen MR) is 86.0 cm³/mol. The van der Waals surface area contributed by atoms with E-state index >= 15 is 0 Å². The fourth-order valence-corrected chi connectivity index (χ4v) is 2.76. The molecule has 21 heavy (non-hydrogen) atoms. The lowest BCUT2D eigenvalue weighted by atomic mass is 10.2. The highest BCUT2D eigenvalue weighted by Crippen LogP contribution is 2.24. The fraction of sp³-hybridized carbons (Fsp3) is 0.462. The van der Waals surface area contributed by atoms with Crippen LogP contribution in [0.5, 0.6) is 0 Å². The Morgan fingerprint density at radius 1 is 1.43 bits per heavy atom. The van der Waals surface area contributed by atoms with E-state index in [4.69, 9.17) is 4.74 Å². The first kappa shape index (κ1) is 17.9. The molecule has 0 aliphatic rings. The van der Waals surface area contributed by atoms with Crippen molar-refractivity contribution < 1.29 is 17.9 Å². The van der Waals surface area contributed by atoms with Crippen molar-refractivity contribution in [1.29, 1.82) is 0 Å². The second kappa shape index (κ2) is 7.77. The number of aryl methyl sites for hydroxylation is 1. The summed E-state index contributed by atoms with van der Waals surface area (Å²) < 4.78 is 30.6. The summed E-state index contributed by atoms with van der Waals surface area (Å²) in [6.07, 6.45) is 1.08. The highest BCUT2D eigenvalue weighted by Gasteiger charge is 2.21. The van der Waals surface area contributed by atoms with Crippen molar-refractivity contribution in [2.45, 2.75) is 6.92 Å². The molecule has 0 unspecified atom stereocenters. The number of carbonyl (C=O) groups excluding carboxylic acids is 1. The quantitative estimate of drug-likeness (QED) is 0.725. The van der Waals surface area contributed by atoms with Gasteiger partial charge in [-0.05, 0) is 30.7 Å². The number of sulfonamides is 1. The molecule has 1 amide bonds. The Balaban J connectivity index is 2.92. The van der Waals surface area contributed by atoms with Gasteiger partial charge in [-0.15, -0.1) is 0 Å². The molecular weight excluding hydrogens is 360 g/mol. The summed E-state index contributed by atoms with van der Waals surface area (Å²) in [5, 5.41) is 2.60. The zero-order valence-corrected chi connectivity index (χ0v) is 14.6. The van der Waals surface area contributed by atoms with Crippen LogP contribution >= 0.6 is 15.9 Å². The van der Waals surface area contributed by atoms with Crippen LogP contribution < -0.4 is 9.62 Å². The first-order valence-corrected chi connectivity index (χ1v) is 8.89. The van der Waals surface area contributed by atoms with Crippen molar-refractivity contribution in [2.75, 3.05) is 37.4 Å². The number of benzene rings is 1. The third-order valence-electron chi connectivity index (χ3n) is 2.75. The standard InChI is InChI=1S/C13H19BrN2O4S/c1-10-8-11(4-5-12(10)14)16(21(3,18)19)9-13(17)15-6-7-20-2/h4-5,8H,6-7,9H2,1-3H3,(H,15,17). The second-order valence-electron chi connectivity index (χ2n) is 4.55. The maximum Gasteiger partial charge on any atom is 0.240 e. The number of hydrogen-bond acceptors (Lipinski definition) is 4. The van der Waals surface area contributed by atoms with Gasteiger partial charge in [-0.2, -0.15) is 0 Å². The molecule has 0 saturated heterocycles. The van der Waals surface area contributed by atoms with Gasteiger partial charge >= 0.3 is 0 Å². The number of carbonyl (C=O) groups is 1. The van der Waals surface area contributed by atoms with E-state index in [1.54, 1.807) is 18.2 Å². The molecule has 0 spiro atoms. The van der Waals surface area contributed by atoms with Crippen LogP contribution in [0, 0.1) is 6.92 Å². The van der Waals surface area contributed by atoms with E-state index in [1.807, 2.05) is 6.92 Å². The van der Waals surface area contributed by atoms with Crippen LogP contribution in [0.3, 0.4) is 0 Å². The number of ether oxygens (including phenoxy) is 1. The fourth-order valence-electron chi connectivity index (χ4n) is 1.66. The van der Waals surface area contributed by atoms with E-state index in [9.17, 15) is 13.2 Å². The minimum absolute atomic E-state index is 0.260. The van der Waals surface area contributed by atoms with E-state index in [2.05, 4.69) is 21.2 Å². The molecule has 0 saturated carbocycles. The van der Waals surface area contributed by atoms with Crippen LogP contribution in [-0.2, 0) is 19.6 Å². The van der Waals surface area contributed by atoms with Crippen LogP contribution in [0.15, 0.2) is 22.7 Å². The Bertz CT molecular complexity index is 604. The van der Waals surface area contributed by atoms with E-state index in [0.717, 1.165) is 20.6 Å². The van der Waals surface area contributed by atoms with Gasteiger partial charge in [0.2, 0.25) is 15.9 Å². The molecule has 118 valence electrons. The third-order valence-corrected chi connectivity index (χ3v) is 4.78. The summed E-state index contributed by atoms with van der Waals surface area (Å²) in [4.78, 5) is 11.8. The van der Waals surface area contributed by atoms with Crippen molar-refractivity contribution in [2.24, 2.45) is 0 Å². The number of anilines is 1. The number of nitrogens with one attached hydrogen (secondary N) is 1. The third kappa shape index (κ3) is 5.64. The number of rotatable bonds is 7. The van der Waals surface area contributed by atoms with Crippen LogP contribution in [0.2, 0.25) is 0 Å². The molecule has 0 aliphatic heterocycles. The van der Waals surface area contributed by atoms with Gasteiger partial charge in [0.1, 0.15) is 6.54 Å². The molecule has 0 fully saturated rings. The minimum atomic E-state index is -3.55. The summed E-state index contributed by atoms with van der Waals surface area (Å²) in [5.41, 5.74) is 1.35. The molecule has 0 aromatic heterocycles. The van der Waals surface area contributed by atoms with Crippen molar-refractivity contribution in [3.05, 3.63) is 28.2 Å². The molecule has 1 aromatic carbocycles. The van der Waals surface area contributed by atoms with Crippen LogP contribution in [-0.4, -0.2) is 47.4 Å². The Labute approximate surface area is 133 Å². The monoisotopic (exact) mass is 378 g/mol. The van der Waals surface area contributed by atoms with Crippen molar-refractivity contribution in [3.8, 4) is 0 Å². The SMILES string of the molecule is COCCNC(=O)CN(c1ccc(Br)c(C)c1)S(C)(=O)=O. The number of nitrogens with zero attached hydrogens (tertiary/aromatic N) is 1. The highest BCUT2D eigenvalue weighted by molar-refractivity contribution is 9.10. The zero-order valence-electron chi connectivity index (χ0n) is 12.2. The Morgan fingerprint density at radius 3 is 2.62 bits per heavy atom. The minimum Gasteiger partial charge on any atom is -0.383 e. The topological polar surface area (TPSA) is 75.7 Å². The average molecular weight is 379 g/mol. The van der Waals surface area contributed by atoms with E-state index in [0.29, 0.717) is 18.8 Å². The Hall–Kier alpha value is -1.12. The van der Waals surface area contributed by atoms with Gasteiger partial charge in [-0.25, -0.2) is 8.42 Å². The van der Waals surface area contributed by atoms with Gasteiger partial charge in [-0.1, -0.05) is 15.9 Å². The molecule has 0 atom stereocenters. The molecule has 1 aromatic rings. The van der Waals surface area contributed by atoms with Crippen molar-refractivity contribution in [1.82, 2.24) is 5.32 Å². The first-order valence-electron chi connectivity index (χ1n) is 6.25. The van der Waals surface area contributed by atoms with Gasteiger partial charge < -0.3 is 10.1 Å². The van der Waals surface area contributed by atoms with Gasteiger partial charge in [0.15, 0.2) is 0 Å². The van der Waals surface area contributed by atoms with Crippen LogP contribution in [0.4, 0.5) is 5.69 Å². The zero-order chi connectivity index (χ0) is 16.0. The summed E-state index contributed by atoms with van der Waals surface area (Å²) in [6, 6.07) is 5.12.